The van der Waals surface area contributed by atoms with Crippen molar-refractivity contribution >= 4 is 21.8 Å². The van der Waals surface area contributed by atoms with E-state index in [9.17, 15) is 13.6 Å². The highest BCUT2D eigenvalue weighted by molar-refractivity contribution is 9.09. The molecule has 0 radical (unpaired) electrons. The fourth-order valence-corrected chi connectivity index (χ4v) is 2.83. The van der Waals surface area contributed by atoms with E-state index in [1.54, 1.807) is 0 Å². The highest BCUT2D eigenvalue weighted by Gasteiger charge is 2.20. The van der Waals surface area contributed by atoms with Crippen molar-refractivity contribution in [1.29, 1.82) is 0 Å². The Morgan fingerprint density at radius 3 is 2.53 bits per heavy atom. The molecule has 1 aromatic carbocycles. The Kier molecular flexibility index (Phi) is 4.91. The van der Waals surface area contributed by atoms with Gasteiger partial charge in [0, 0.05) is 16.9 Å². The number of hydrogen-bond acceptors (Lipinski definition) is 1. The first kappa shape index (κ1) is 14.4. The van der Waals surface area contributed by atoms with Gasteiger partial charge in [0.05, 0.1) is 0 Å². The maximum Gasteiger partial charge on any atom is 0.251 e. The second-order valence-electron chi connectivity index (χ2n) is 4.96. The van der Waals surface area contributed by atoms with Crippen molar-refractivity contribution in [2.75, 3.05) is 6.54 Å². The summed E-state index contributed by atoms with van der Waals surface area (Å²) in [5.74, 6) is -1.80. The zero-order chi connectivity index (χ0) is 13.8. The third-order valence-electron chi connectivity index (χ3n) is 3.51. The quantitative estimate of drug-likeness (QED) is 0.841. The number of benzene rings is 1. The Morgan fingerprint density at radius 1 is 1.21 bits per heavy atom. The van der Waals surface area contributed by atoms with E-state index in [1.165, 1.54) is 6.07 Å². The van der Waals surface area contributed by atoms with Gasteiger partial charge in [-0.05, 0) is 49.8 Å². The van der Waals surface area contributed by atoms with Crippen LogP contribution in [0.5, 0.6) is 0 Å². The first-order valence-electron chi connectivity index (χ1n) is 6.43. The molecule has 2 rings (SSSR count). The molecule has 0 aromatic heterocycles. The highest BCUT2D eigenvalue weighted by Crippen LogP contribution is 2.28. The van der Waals surface area contributed by atoms with Crippen molar-refractivity contribution < 1.29 is 13.6 Å². The van der Waals surface area contributed by atoms with Gasteiger partial charge in [0.2, 0.25) is 0 Å². The van der Waals surface area contributed by atoms with Crippen LogP contribution in [-0.2, 0) is 0 Å². The van der Waals surface area contributed by atoms with E-state index in [4.69, 9.17) is 0 Å². The molecule has 0 atom stereocenters. The van der Waals surface area contributed by atoms with E-state index >= 15 is 0 Å². The Hall–Kier alpha value is -0.970. The number of carbonyl (C=O) groups excluding carboxylic acids is 1. The van der Waals surface area contributed by atoms with Gasteiger partial charge >= 0.3 is 0 Å². The van der Waals surface area contributed by atoms with Crippen molar-refractivity contribution in [1.82, 2.24) is 5.32 Å². The maximum atomic E-state index is 13.0. The van der Waals surface area contributed by atoms with E-state index in [0.29, 0.717) is 17.3 Å². The molecule has 1 aliphatic carbocycles. The predicted molar refractivity (Wildman–Crippen MR) is 73.4 cm³/mol. The molecular weight excluding hydrogens is 316 g/mol. The Labute approximate surface area is 119 Å². The summed E-state index contributed by atoms with van der Waals surface area (Å²) in [4.78, 5) is 12.4. The number of alkyl halides is 1. The number of halogens is 3. The lowest BCUT2D eigenvalue weighted by Gasteiger charge is -2.25. The molecule has 5 heteroatoms. The minimum absolute atomic E-state index is 0.160. The monoisotopic (exact) mass is 331 g/mol. The van der Waals surface area contributed by atoms with Crippen LogP contribution in [0.25, 0.3) is 0 Å². The van der Waals surface area contributed by atoms with Crippen LogP contribution in [-0.4, -0.2) is 17.3 Å². The Bertz CT molecular complexity index is 459. The van der Waals surface area contributed by atoms with Crippen LogP contribution in [0, 0.1) is 17.6 Å². The van der Waals surface area contributed by atoms with Crippen molar-refractivity contribution in [3.05, 3.63) is 35.4 Å². The van der Waals surface area contributed by atoms with E-state index in [1.807, 2.05) is 0 Å². The standard InChI is InChI=1S/C14H16BrF2NO/c15-11-4-1-9(2-5-11)8-18-14(19)10-3-6-12(16)13(17)7-10/h3,6-7,9,11H,1-2,4-5,8H2,(H,18,19). The smallest absolute Gasteiger partial charge is 0.251 e. The molecule has 104 valence electrons. The molecule has 1 aromatic rings. The van der Waals surface area contributed by atoms with Crippen molar-refractivity contribution in [2.24, 2.45) is 5.92 Å². The van der Waals surface area contributed by atoms with E-state index in [2.05, 4.69) is 21.2 Å². The molecule has 0 spiro atoms. The van der Waals surface area contributed by atoms with Gasteiger partial charge in [0.1, 0.15) is 0 Å². The zero-order valence-corrected chi connectivity index (χ0v) is 12.1. The zero-order valence-electron chi connectivity index (χ0n) is 10.5. The SMILES string of the molecule is O=C(NCC1CCC(Br)CC1)c1ccc(F)c(F)c1. The topological polar surface area (TPSA) is 29.1 Å². The molecule has 0 heterocycles. The summed E-state index contributed by atoms with van der Waals surface area (Å²) in [5, 5.41) is 2.79. The number of hydrogen-bond donors (Lipinski definition) is 1. The first-order valence-corrected chi connectivity index (χ1v) is 7.35. The summed E-state index contributed by atoms with van der Waals surface area (Å²) in [6, 6.07) is 3.20. The molecule has 19 heavy (non-hydrogen) atoms. The second-order valence-corrected chi connectivity index (χ2v) is 6.25. The summed E-state index contributed by atoms with van der Waals surface area (Å²) in [6.07, 6.45) is 4.39. The van der Waals surface area contributed by atoms with Gasteiger partial charge in [0.15, 0.2) is 11.6 Å². The van der Waals surface area contributed by atoms with E-state index in [0.717, 1.165) is 37.8 Å². The maximum absolute atomic E-state index is 13.0. The van der Waals surface area contributed by atoms with Gasteiger partial charge in [-0.15, -0.1) is 0 Å². The largest absolute Gasteiger partial charge is 0.352 e. The van der Waals surface area contributed by atoms with Gasteiger partial charge in [0.25, 0.3) is 5.91 Å². The lowest BCUT2D eigenvalue weighted by atomic mass is 9.89. The molecule has 2 nitrogen and oxygen atoms in total. The molecule has 1 fully saturated rings. The third kappa shape index (κ3) is 4.00. The predicted octanol–water partition coefficient (Wildman–Crippen LogP) is 3.65. The van der Waals surface area contributed by atoms with E-state index < -0.39 is 11.6 Å². The number of carbonyl (C=O) groups is 1. The average molecular weight is 332 g/mol. The minimum atomic E-state index is -0.993. The Balaban J connectivity index is 1.85. The number of amides is 1. The van der Waals surface area contributed by atoms with Crippen LogP contribution < -0.4 is 5.32 Å². The summed E-state index contributed by atoms with van der Waals surface area (Å²) >= 11 is 3.58. The summed E-state index contributed by atoms with van der Waals surface area (Å²) < 4.78 is 25.8. The lowest BCUT2D eigenvalue weighted by molar-refractivity contribution is 0.0943. The second kappa shape index (κ2) is 6.46. The molecule has 0 aliphatic heterocycles. The normalized spacial score (nSPS) is 23.1. The van der Waals surface area contributed by atoms with Gasteiger partial charge < -0.3 is 5.32 Å². The molecule has 0 bridgehead atoms. The van der Waals surface area contributed by atoms with Crippen LogP contribution in [0.1, 0.15) is 36.0 Å². The van der Waals surface area contributed by atoms with Crippen molar-refractivity contribution in [2.45, 2.75) is 30.5 Å². The van der Waals surface area contributed by atoms with Gasteiger partial charge in [-0.25, -0.2) is 8.78 Å². The lowest BCUT2D eigenvalue weighted by Crippen LogP contribution is -2.31. The van der Waals surface area contributed by atoms with Crippen LogP contribution in [0.2, 0.25) is 0 Å². The molecule has 0 saturated heterocycles. The highest BCUT2D eigenvalue weighted by atomic mass is 79.9. The molecule has 1 N–H and O–H groups in total. The summed E-state index contributed by atoms with van der Waals surface area (Å²) in [6.45, 7) is 0.595. The minimum Gasteiger partial charge on any atom is -0.352 e. The van der Waals surface area contributed by atoms with E-state index in [-0.39, 0.29) is 11.5 Å². The summed E-state index contributed by atoms with van der Waals surface area (Å²) in [7, 11) is 0. The number of nitrogens with one attached hydrogen (secondary N) is 1. The van der Waals surface area contributed by atoms with Gasteiger partial charge in [-0.1, -0.05) is 15.9 Å². The molecule has 0 unspecified atom stereocenters. The van der Waals surface area contributed by atoms with Gasteiger partial charge in [-0.2, -0.15) is 0 Å². The van der Waals surface area contributed by atoms with Crippen LogP contribution in [0.4, 0.5) is 8.78 Å². The summed E-state index contributed by atoms with van der Waals surface area (Å²) in [5.41, 5.74) is 0.160. The molecule has 1 amide bonds. The fourth-order valence-electron chi connectivity index (χ4n) is 2.30. The molecule has 1 aliphatic rings. The van der Waals surface area contributed by atoms with Crippen LogP contribution in [0.15, 0.2) is 18.2 Å². The van der Waals surface area contributed by atoms with Gasteiger partial charge in [-0.3, -0.25) is 4.79 Å². The Morgan fingerprint density at radius 2 is 1.89 bits per heavy atom. The van der Waals surface area contributed by atoms with Crippen molar-refractivity contribution in [3.63, 3.8) is 0 Å². The fraction of sp³-hybridized carbons (Fsp3) is 0.500. The first-order chi connectivity index (χ1) is 9.06. The third-order valence-corrected chi connectivity index (χ3v) is 4.43. The molecular formula is C14H16BrF2NO. The molecule has 1 saturated carbocycles. The number of rotatable bonds is 3. The van der Waals surface area contributed by atoms with Crippen LogP contribution >= 0.6 is 15.9 Å². The van der Waals surface area contributed by atoms with Crippen LogP contribution in [0.3, 0.4) is 0 Å². The van der Waals surface area contributed by atoms with Crippen molar-refractivity contribution in [3.8, 4) is 0 Å². The average Bonchev–Trinajstić information content (AvgIpc) is 2.41.